The van der Waals surface area contributed by atoms with Gasteiger partial charge in [-0.1, -0.05) is 25.6 Å². The van der Waals surface area contributed by atoms with Crippen molar-refractivity contribution in [3.63, 3.8) is 0 Å². The van der Waals surface area contributed by atoms with Gasteiger partial charge in [0.25, 0.3) is 0 Å². The van der Waals surface area contributed by atoms with Gasteiger partial charge in [-0.2, -0.15) is 0 Å². The molecule has 5 heteroatoms. The van der Waals surface area contributed by atoms with Crippen molar-refractivity contribution in [1.29, 1.82) is 0 Å². The quantitative estimate of drug-likeness (QED) is 0.890. The number of ether oxygens (including phenoxy) is 1. The van der Waals surface area contributed by atoms with Gasteiger partial charge in [0.15, 0.2) is 5.17 Å². The van der Waals surface area contributed by atoms with Gasteiger partial charge < -0.3 is 10.1 Å². The summed E-state index contributed by atoms with van der Waals surface area (Å²) >= 11 is 5.29. The molecule has 1 aromatic carbocycles. The van der Waals surface area contributed by atoms with E-state index in [0.29, 0.717) is 5.41 Å². The second kappa shape index (κ2) is 5.53. The maximum absolute atomic E-state index is 5.22. The van der Waals surface area contributed by atoms with E-state index in [1.54, 1.807) is 18.9 Å². The van der Waals surface area contributed by atoms with Crippen LogP contribution in [0.2, 0.25) is 0 Å². The fourth-order valence-corrected chi connectivity index (χ4v) is 2.86. The minimum atomic E-state index is 0.293. The summed E-state index contributed by atoms with van der Waals surface area (Å²) in [4.78, 5) is 4.58. The molecule has 0 bridgehead atoms. The summed E-state index contributed by atoms with van der Waals surface area (Å²) in [7, 11) is 1.67. The van der Waals surface area contributed by atoms with Gasteiger partial charge in [-0.3, -0.25) is 4.99 Å². The zero-order valence-corrected chi connectivity index (χ0v) is 13.2. The van der Waals surface area contributed by atoms with Crippen molar-refractivity contribution in [2.75, 3.05) is 24.7 Å². The van der Waals surface area contributed by atoms with E-state index in [0.717, 1.165) is 33.4 Å². The smallest absolute Gasteiger partial charge is 0.161 e. The summed E-state index contributed by atoms with van der Waals surface area (Å²) in [6.07, 6.45) is 0. The van der Waals surface area contributed by atoms with Crippen molar-refractivity contribution < 1.29 is 4.74 Å². The number of nitrogens with one attached hydrogen (secondary N) is 1. The van der Waals surface area contributed by atoms with Gasteiger partial charge in [0.1, 0.15) is 5.75 Å². The Kier molecular flexibility index (Phi) is 4.22. The molecule has 1 aliphatic rings. The highest BCUT2D eigenvalue weighted by atomic mass is 79.9. The van der Waals surface area contributed by atoms with Gasteiger partial charge in [0.05, 0.1) is 12.8 Å². The van der Waals surface area contributed by atoms with Crippen molar-refractivity contribution >= 4 is 38.5 Å². The summed E-state index contributed by atoms with van der Waals surface area (Å²) in [6, 6.07) is 5.86. The lowest BCUT2D eigenvalue weighted by Gasteiger charge is -2.27. The summed E-state index contributed by atoms with van der Waals surface area (Å²) in [6.45, 7) is 5.34. The highest BCUT2D eigenvalue weighted by Crippen LogP contribution is 2.31. The van der Waals surface area contributed by atoms with Crippen LogP contribution in [-0.4, -0.2) is 24.6 Å². The molecule has 0 radical (unpaired) electrons. The van der Waals surface area contributed by atoms with Crippen molar-refractivity contribution in [1.82, 2.24) is 0 Å². The average Bonchev–Trinajstić information content (AvgIpc) is 2.34. The highest BCUT2D eigenvalue weighted by Gasteiger charge is 2.23. The Labute approximate surface area is 121 Å². The SMILES string of the molecule is COc1ccc(Br)c(NC2=NCC(C)(C)CS2)c1. The summed E-state index contributed by atoms with van der Waals surface area (Å²) in [5, 5.41) is 4.32. The molecule has 2 rings (SSSR count). The number of benzene rings is 1. The van der Waals surface area contributed by atoms with Gasteiger partial charge in [0.2, 0.25) is 0 Å². The van der Waals surface area contributed by atoms with Crippen LogP contribution >= 0.6 is 27.7 Å². The lowest BCUT2D eigenvalue weighted by Crippen LogP contribution is -2.27. The fraction of sp³-hybridized carbons (Fsp3) is 0.462. The minimum Gasteiger partial charge on any atom is -0.497 e. The predicted octanol–water partition coefficient (Wildman–Crippen LogP) is 4.00. The van der Waals surface area contributed by atoms with E-state index < -0.39 is 0 Å². The first kappa shape index (κ1) is 13.7. The maximum atomic E-state index is 5.22. The first-order chi connectivity index (χ1) is 8.50. The molecule has 0 saturated carbocycles. The van der Waals surface area contributed by atoms with Crippen LogP contribution in [0.25, 0.3) is 0 Å². The van der Waals surface area contributed by atoms with Gasteiger partial charge in [-0.15, -0.1) is 0 Å². The Morgan fingerprint density at radius 1 is 1.44 bits per heavy atom. The molecule has 18 heavy (non-hydrogen) atoms. The molecule has 0 saturated heterocycles. The molecule has 1 N–H and O–H groups in total. The monoisotopic (exact) mass is 328 g/mol. The molecule has 98 valence electrons. The number of amidine groups is 1. The first-order valence-corrected chi connectivity index (χ1v) is 7.56. The first-order valence-electron chi connectivity index (χ1n) is 5.78. The van der Waals surface area contributed by atoms with E-state index in [1.807, 2.05) is 18.2 Å². The van der Waals surface area contributed by atoms with Gasteiger partial charge in [-0.25, -0.2) is 0 Å². The normalized spacial score (nSPS) is 18.1. The van der Waals surface area contributed by atoms with Crippen LogP contribution in [0.5, 0.6) is 5.75 Å². The number of rotatable bonds is 2. The lowest BCUT2D eigenvalue weighted by molar-refractivity contribution is 0.415. The van der Waals surface area contributed by atoms with Crippen LogP contribution in [0.1, 0.15) is 13.8 Å². The molecular weight excluding hydrogens is 312 g/mol. The van der Waals surface area contributed by atoms with Crippen LogP contribution in [0.15, 0.2) is 27.7 Å². The zero-order valence-electron chi connectivity index (χ0n) is 10.8. The number of hydrogen-bond donors (Lipinski definition) is 1. The molecule has 0 aromatic heterocycles. The summed E-state index contributed by atoms with van der Waals surface area (Å²) in [5.41, 5.74) is 1.28. The van der Waals surface area contributed by atoms with Gasteiger partial charge >= 0.3 is 0 Å². The van der Waals surface area contributed by atoms with Crippen molar-refractivity contribution in [3.05, 3.63) is 22.7 Å². The van der Waals surface area contributed by atoms with Crippen molar-refractivity contribution in [2.24, 2.45) is 10.4 Å². The summed E-state index contributed by atoms with van der Waals surface area (Å²) in [5.74, 6) is 1.92. The molecule has 0 aliphatic carbocycles. The zero-order chi connectivity index (χ0) is 13.2. The Morgan fingerprint density at radius 3 is 2.83 bits per heavy atom. The van der Waals surface area contributed by atoms with E-state index in [2.05, 4.69) is 40.1 Å². The maximum Gasteiger partial charge on any atom is 0.161 e. The van der Waals surface area contributed by atoms with E-state index in [4.69, 9.17) is 4.74 Å². The van der Waals surface area contributed by atoms with Crippen molar-refractivity contribution in [3.8, 4) is 5.75 Å². The number of thioether (sulfide) groups is 1. The van der Waals surface area contributed by atoms with E-state index in [9.17, 15) is 0 Å². The third kappa shape index (κ3) is 3.42. The second-order valence-electron chi connectivity index (χ2n) is 5.05. The van der Waals surface area contributed by atoms with Crippen LogP contribution in [0, 0.1) is 5.41 Å². The molecular formula is C13H17BrN2OS. The second-order valence-corrected chi connectivity index (χ2v) is 6.86. The molecule has 0 unspecified atom stereocenters. The van der Waals surface area contributed by atoms with Gasteiger partial charge in [0, 0.05) is 22.8 Å². The standard InChI is InChI=1S/C13H17BrN2OS/c1-13(2)7-15-12(18-8-13)16-11-6-9(17-3)4-5-10(11)14/h4-6H,7-8H2,1-3H3,(H,15,16). The van der Waals surface area contributed by atoms with Gasteiger partial charge in [-0.05, 0) is 33.5 Å². The van der Waals surface area contributed by atoms with Crippen LogP contribution in [0.4, 0.5) is 5.69 Å². The number of aliphatic imine (C=N–C) groups is 1. The molecule has 1 aromatic rings. The number of nitrogens with zero attached hydrogens (tertiary/aromatic N) is 1. The third-order valence-corrected chi connectivity index (χ3v) is 4.79. The number of methoxy groups -OCH3 is 1. The predicted molar refractivity (Wildman–Crippen MR) is 82.9 cm³/mol. The summed E-state index contributed by atoms with van der Waals surface area (Å²) < 4.78 is 6.24. The van der Waals surface area contributed by atoms with E-state index in [1.165, 1.54) is 0 Å². The molecule has 1 aliphatic heterocycles. The Morgan fingerprint density at radius 2 is 2.22 bits per heavy atom. The molecule has 0 fully saturated rings. The lowest BCUT2D eigenvalue weighted by atomic mass is 9.97. The largest absolute Gasteiger partial charge is 0.497 e. The number of hydrogen-bond acceptors (Lipinski definition) is 4. The fourth-order valence-electron chi connectivity index (χ4n) is 1.56. The molecule has 0 atom stereocenters. The molecule has 1 heterocycles. The average molecular weight is 329 g/mol. The topological polar surface area (TPSA) is 33.6 Å². The molecule has 0 amide bonds. The van der Waals surface area contributed by atoms with Crippen molar-refractivity contribution in [2.45, 2.75) is 13.8 Å². The number of halogens is 1. The number of anilines is 1. The van der Waals surface area contributed by atoms with Crippen LogP contribution in [0.3, 0.4) is 0 Å². The Bertz CT molecular complexity index is 474. The van der Waals surface area contributed by atoms with Crippen LogP contribution < -0.4 is 10.1 Å². The Hall–Kier alpha value is -0.680. The van der Waals surface area contributed by atoms with E-state index >= 15 is 0 Å². The minimum absolute atomic E-state index is 0.293. The third-order valence-electron chi connectivity index (χ3n) is 2.67. The highest BCUT2D eigenvalue weighted by molar-refractivity contribution is 9.10. The Balaban J connectivity index is 2.12. The van der Waals surface area contributed by atoms with Crippen LogP contribution in [-0.2, 0) is 0 Å². The molecule has 0 spiro atoms. The van der Waals surface area contributed by atoms with E-state index in [-0.39, 0.29) is 0 Å². The molecule has 3 nitrogen and oxygen atoms in total.